The van der Waals surface area contributed by atoms with Crippen LogP contribution in [0.25, 0.3) is 0 Å². The fourth-order valence-corrected chi connectivity index (χ4v) is 2.82. The van der Waals surface area contributed by atoms with E-state index >= 15 is 0 Å². The largest absolute Gasteiger partial charge is 0.488 e. The number of benzene rings is 1. The van der Waals surface area contributed by atoms with Crippen LogP contribution >= 0.6 is 11.6 Å². The van der Waals surface area contributed by atoms with E-state index in [1.807, 2.05) is 18.2 Å². The van der Waals surface area contributed by atoms with Crippen LogP contribution in [-0.2, 0) is 6.42 Å². The van der Waals surface area contributed by atoms with Crippen LogP contribution in [0.5, 0.6) is 5.75 Å². The average molecular weight is 253 g/mol. The van der Waals surface area contributed by atoms with Gasteiger partial charge in [-0.15, -0.1) is 0 Å². The Morgan fingerprint density at radius 2 is 2.18 bits per heavy atom. The summed E-state index contributed by atoms with van der Waals surface area (Å²) in [4.78, 5) is 2.46. The first-order valence-corrected chi connectivity index (χ1v) is 6.58. The number of nitrogens with one attached hydrogen (secondary N) is 1. The van der Waals surface area contributed by atoms with Crippen molar-refractivity contribution < 1.29 is 4.74 Å². The van der Waals surface area contributed by atoms with Crippen molar-refractivity contribution >= 4 is 11.6 Å². The lowest BCUT2D eigenvalue weighted by molar-refractivity contribution is 0.139. The molecule has 1 aromatic carbocycles. The molecule has 0 amide bonds. The van der Waals surface area contributed by atoms with Crippen LogP contribution < -0.4 is 10.1 Å². The molecule has 0 saturated carbocycles. The van der Waals surface area contributed by atoms with Gasteiger partial charge in [0, 0.05) is 49.7 Å². The van der Waals surface area contributed by atoms with Crippen molar-refractivity contribution in [2.24, 2.45) is 0 Å². The first-order valence-electron chi connectivity index (χ1n) is 6.20. The van der Waals surface area contributed by atoms with Gasteiger partial charge in [-0.3, -0.25) is 4.90 Å². The highest BCUT2D eigenvalue weighted by Crippen LogP contribution is 2.34. The highest BCUT2D eigenvalue weighted by molar-refractivity contribution is 6.31. The smallest absolute Gasteiger partial charge is 0.124 e. The highest BCUT2D eigenvalue weighted by Gasteiger charge is 2.26. The number of rotatable bonds is 2. The van der Waals surface area contributed by atoms with Crippen LogP contribution in [0.3, 0.4) is 0 Å². The van der Waals surface area contributed by atoms with Gasteiger partial charge >= 0.3 is 0 Å². The Balaban J connectivity index is 1.63. The molecule has 1 N–H and O–H groups in total. The number of piperazine rings is 1. The lowest BCUT2D eigenvalue weighted by Crippen LogP contribution is -2.47. The molecule has 3 rings (SSSR count). The average Bonchev–Trinajstić information content (AvgIpc) is 2.74. The van der Waals surface area contributed by atoms with E-state index < -0.39 is 0 Å². The summed E-state index contributed by atoms with van der Waals surface area (Å²) in [5.74, 6) is 0.970. The fraction of sp³-hybridized carbons (Fsp3) is 0.538. The molecule has 0 aliphatic carbocycles. The fourth-order valence-electron chi connectivity index (χ4n) is 2.58. The highest BCUT2D eigenvalue weighted by atomic mass is 35.5. The third kappa shape index (κ3) is 2.41. The van der Waals surface area contributed by atoms with Crippen molar-refractivity contribution in [3.8, 4) is 5.75 Å². The van der Waals surface area contributed by atoms with E-state index in [1.165, 1.54) is 5.56 Å². The minimum Gasteiger partial charge on any atom is -0.488 e. The zero-order valence-corrected chi connectivity index (χ0v) is 10.5. The van der Waals surface area contributed by atoms with Crippen LogP contribution in [0.1, 0.15) is 5.56 Å². The van der Waals surface area contributed by atoms with Gasteiger partial charge in [-0.2, -0.15) is 0 Å². The second kappa shape index (κ2) is 4.84. The summed E-state index contributed by atoms with van der Waals surface area (Å²) in [7, 11) is 0. The standard InChI is InChI=1S/C13H17ClN2O/c14-12-2-1-3-13-11(12)8-10(17-13)9-16-6-4-15-5-7-16/h1-3,10,15H,4-9H2. The van der Waals surface area contributed by atoms with Crippen LogP contribution in [-0.4, -0.2) is 43.7 Å². The van der Waals surface area contributed by atoms with Gasteiger partial charge in [0.15, 0.2) is 0 Å². The molecule has 17 heavy (non-hydrogen) atoms. The number of hydrogen-bond acceptors (Lipinski definition) is 3. The molecule has 1 saturated heterocycles. The molecule has 2 aliphatic rings. The first kappa shape index (κ1) is 11.3. The van der Waals surface area contributed by atoms with E-state index in [-0.39, 0.29) is 6.10 Å². The molecular weight excluding hydrogens is 236 g/mol. The molecule has 1 atom stereocenters. The monoisotopic (exact) mass is 252 g/mol. The lowest BCUT2D eigenvalue weighted by Gasteiger charge is -2.29. The molecule has 2 aliphatic heterocycles. The summed E-state index contributed by atoms with van der Waals surface area (Å²) in [6.07, 6.45) is 1.21. The lowest BCUT2D eigenvalue weighted by atomic mass is 10.1. The maximum absolute atomic E-state index is 6.17. The maximum atomic E-state index is 6.17. The van der Waals surface area contributed by atoms with Crippen molar-refractivity contribution in [3.05, 3.63) is 28.8 Å². The molecule has 0 spiro atoms. The number of hydrogen-bond donors (Lipinski definition) is 1. The summed E-state index contributed by atoms with van der Waals surface area (Å²) < 4.78 is 5.94. The molecule has 92 valence electrons. The van der Waals surface area contributed by atoms with Gasteiger partial charge in [-0.05, 0) is 12.1 Å². The SMILES string of the molecule is Clc1cccc2c1CC(CN1CCNCC1)O2. The molecule has 0 radical (unpaired) electrons. The van der Waals surface area contributed by atoms with Crippen molar-refractivity contribution in [1.29, 1.82) is 0 Å². The second-order valence-electron chi connectivity index (χ2n) is 4.71. The van der Waals surface area contributed by atoms with E-state index in [9.17, 15) is 0 Å². The number of ether oxygens (including phenoxy) is 1. The molecule has 1 fully saturated rings. The number of nitrogens with zero attached hydrogens (tertiary/aromatic N) is 1. The Morgan fingerprint density at radius 1 is 1.35 bits per heavy atom. The molecular formula is C13H17ClN2O. The van der Waals surface area contributed by atoms with Gasteiger partial charge < -0.3 is 10.1 Å². The predicted octanol–water partition coefficient (Wildman–Crippen LogP) is 1.55. The van der Waals surface area contributed by atoms with Crippen LogP contribution in [0.15, 0.2) is 18.2 Å². The Bertz CT molecular complexity index is 404. The van der Waals surface area contributed by atoms with Crippen molar-refractivity contribution in [2.45, 2.75) is 12.5 Å². The molecule has 3 nitrogen and oxygen atoms in total. The van der Waals surface area contributed by atoms with Crippen LogP contribution in [0, 0.1) is 0 Å². The first-order chi connectivity index (χ1) is 8.33. The molecule has 0 aromatic heterocycles. The predicted molar refractivity (Wildman–Crippen MR) is 68.9 cm³/mol. The topological polar surface area (TPSA) is 24.5 Å². The van der Waals surface area contributed by atoms with Crippen molar-refractivity contribution in [1.82, 2.24) is 10.2 Å². The van der Waals surface area contributed by atoms with E-state index in [0.29, 0.717) is 0 Å². The number of halogens is 1. The zero-order chi connectivity index (χ0) is 11.7. The van der Waals surface area contributed by atoms with Gasteiger partial charge in [0.05, 0.1) is 0 Å². The minimum atomic E-state index is 0.267. The molecule has 1 unspecified atom stereocenters. The maximum Gasteiger partial charge on any atom is 0.124 e. The van der Waals surface area contributed by atoms with Gasteiger partial charge in [0.1, 0.15) is 11.9 Å². The number of fused-ring (bicyclic) bond motifs is 1. The summed E-state index contributed by atoms with van der Waals surface area (Å²) in [5, 5.41) is 4.20. The Hall–Kier alpha value is -0.770. The molecule has 0 bridgehead atoms. The van der Waals surface area contributed by atoms with Crippen LogP contribution in [0.4, 0.5) is 0 Å². The van der Waals surface area contributed by atoms with Gasteiger partial charge in [-0.1, -0.05) is 17.7 Å². The van der Waals surface area contributed by atoms with Gasteiger partial charge in [0.25, 0.3) is 0 Å². The summed E-state index contributed by atoms with van der Waals surface area (Å²) >= 11 is 6.17. The molecule has 2 heterocycles. The Kier molecular flexibility index (Phi) is 3.23. The summed E-state index contributed by atoms with van der Waals surface area (Å²) in [6, 6.07) is 5.91. The quantitative estimate of drug-likeness (QED) is 0.865. The van der Waals surface area contributed by atoms with E-state index in [1.54, 1.807) is 0 Å². The molecule has 1 aromatic rings. The van der Waals surface area contributed by atoms with E-state index in [2.05, 4.69) is 10.2 Å². The van der Waals surface area contributed by atoms with Gasteiger partial charge in [-0.25, -0.2) is 0 Å². The summed E-state index contributed by atoms with van der Waals surface area (Å²) in [5.41, 5.74) is 1.18. The zero-order valence-electron chi connectivity index (χ0n) is 9.79. The van der Waals surface area contributed by atoms with Crippen molar-refractivity contribution in [3.63, 3.8) is 0 Å². The van der Waals surface area contributed by atoms with Crippen LogP contribution in [0.2, 0.25) is 5.02 Å². The Labute approximate surface area is 107 Å². The van der Waals surface area contributed by atoms with E-state index in [0.717, 1.165) is 49.9 Å². The normalized spacial score (nSPS) is 24.4. The summed E-state index contributed by atoms with van der Waals surface area (Å²) in [6.45, 7) is 5.40. The minimum absolute atomic E-state index is 0.267. The van der Waals surface area contributed by atoms with E-state index in [4.69, 9.17) is 16.3 Å². The van der Waals surface area contributed by atoms with Crippen molar-refractivity contribution in [2.75, 3.05) is 32.7 Å². The third-order valence-corrected chi connectivity index (χ3v) is 3.83. The Morgan fingerprint density at radius 3 is 2.94 bits per heavy atom. The molecule has 4 heteroatoms. The second-order valence-corrected chi connectivity index (χ2v) is 5.12. The third-order valence-electron chi connectivity index (χ3n) is 3.47. The van der Waals surface area contributed by atoms with Gasteiger partial charge in [0.2, 0.25) is 0 Å².